The maximum Gasteiger partial charge on any atom is 0.137 e. The van der Waals surface area contributed by atoms with Crippen molar-refractivity contribution in [2.75, 3.05) is 0 Å². The van der Waals surface area contributed by atoms with E-state index < -0.39 is 0 Å². The molecule has 0 atom stereocenters. The Labute approximate surface area is 77.8 Å². The van der Waals surface area contributed by atoms with Crippen molar-refractivity contribution >= 4 is 21.6 Å². The number of halogens is 1. The summed E-state index contributed by atoms with van der Waals surface area (Å²) in [7, 11) is 0. The largest absolute Gasteiger partial charge is 0.392 e. The third-order valence-electron chi connectivity index (χ3n) is 1.70. The van der Waals surface area contributed by atoms with Crippen LogP contribution in [-0.4, -0.2) is 14.5 Å². The zero-order chi connectivity index (χ0) is 8.55. The molecule has 1 N–H and O–H groups in total. The summed E-state index contributed by atoms with van der Waals surface area (Å²) in [5.41, 5.74) is 1.75. The van der Waals surface area contributed by atoms with Gasteiger partial charge < -0.3 is 5.11 Å². The molecule has 62 valence electrons. The fraction of sp³-hybridized carbons (Fsp3) is 0.125. The van der Waals surface area contributed by atoms with Crippen molar-refractivity contribution in [2.24, 2.45) is 0 Å². The van der Waals surface area contributed by atoms with Crippen LogP contribution in [-0.2, 0) is 6.61 Å². The first-order chi connectivity index (χ1) is 5.81. The van der Waals surface area contributed by atoms with Gasteiger partial charge in [-0.25, -0.2) is 4.98 Å². The van der Waals surface area contributed by atoms with Crippen molar-refractivity contribution in [1.82, 2.24) is 9.38 Å². The van der Waals surface area contributed by atoms with E-state index in [1.54, 1.807) is 6.20 Å². The lowest BCUT2D eigenvalue weighted by Gasteiger charge is -1.98. The Morgan fingerprint density at radius 1 is 1.50 bits per heavy atom. The van der Waals surface area contributed by atoms with Crippen LogP contribution >= 0.6 is 15.9 Å². The van der Waals surface area contributed by atoms with Gasteiger partial charge in [0.05, 0.1) is 12.8 Å². The Morgan fingerprint density at radius 3 is 3.08 bits per heavy atom. The Balaban J connectivity index is 2.71. The zero-order valence-electron chi connectivity index (χ0n) is 6.24. The van der Waals surface area contributed by atoms with Gasteiger partial charge in [-0.2, -0.15) is 0 Å². The summed E-state index contributed by atoms with van der Waals surface area (Å²) in [6.45, 7) is 0.0561. The van der Waals surface area contributed by atoms with Crippen LogP contribution in [0.4, 0.5) is 0 Å². The molecule has 0 spiro atoms. The number of hydrogen-bond acceptors (Lipinski definition) is 2. The number of hydrogen-bond donors (Lipinski definition) is 1. The molecule has 2 heterocycles. The highest BCUT2D eigenvalue weighted by Crippen LogP contribution is 2.13. The molecule has 0 aromatic carbocycles. The number of fused-ring (bicyclic) bond motifs is 1. The van der Waals surface area contributed by atoms with E-state index >= 15 is 0 Å². The van der Waals surface area contributed by atoms with Crippen molar-refractivity contribution in [3.63, 3.8) is 0 Å². The molecule has 2 aromatic rings. The summed E-state index contributed by atoms with van der Waals surface area (Å²) in [6.07, 6.45) is 3.59. The summed E-state index contributed by atoms with van der Waals surface area (Å²) in [5.74, 6) is 0. The first-order valence-electron chi connectivity index (χ1n) is 3.53. The van der Waals surface area contributed by atoms with Crippen LogP contribution in [0.25, 0.3) is 5.65 Å². The average Bonchev–Trinajstić information content (AvgIpc) is 2.47. The molecule has 0 unspecified atom stereocenters. The molecule has 0 bridgehead atoms. The fourth-order valence-corrected chi connectivity index (χ4v) is 1.47. The van der Waals surface area contributed by atoms with Gasteiger partial charge in [0.1, 0.15) is 10.3 Å². The molecule has 2 rings (SSSR count). The van der Waals surface area contributed by atoms with Gasteiger partial charge in [0.25, 0.3) is 0 Å². The highest BCUT2D eigenvalue weighted by Gasteiger charge is 1.99. The SMILES string of the molecule is OCc1ccc2ncc(Br)n2c1. The Morgan fingerprint density at radius 2 is 2.33 bits per heavy atom. The Hall–Kier alpha value is -0.870. The predicted molar refractivity (Wildman–Crippen MR) is 48.8 cm³/mol. The van der Waals surface area contributed by atoms with Gasteiger partial charge in [-0.1, -0.05) is 6.07 Å². The number of aliphatic hydroxyl groups excluding tert-OH is 1. The van der Waals surface area contributed by atoms with Gasteiger partial charge in [0.2, 0.25) is 0 Å². The lowest BCUT2D eigenvalue weighted by atomic mass is 10.3. The van der Waals surface area contributed by atoms with E-state index in [-0.39, 0.29) is 6.61 Å². The van der Waals surface area contributed by atoms with Crippen LogP contribution in [0.5, 0.6) is 0 Å². The van der Waals surface area contributed by atoms with E-state index in [2.05, 4.69) is 20.9 Å². The topological polar surface area (TPSA) is 37.5 Å². The molecule has 0 radical (unpaired) electrons. The summed E-state index contributed by atoms with van der Waals surface area (Å²) in [4.78, 5) is 4.13. The number of rotatable bonds is 1. The van der Waals surface area contributed by atoms with Crippen molar-refractivity contribution in [2.45, 2.75) is 6.61 Å². The van der Waals surface area contributed by atoms with Crippen molar-refractivity contribution in [3.05, 3.63) is 34.7 Å². The summed E-state index contributed by atoms with van der Waals surface area (Å²) < 4.78 is 2.78. The van der Waals surface area contributed by atoms with E-state index in [0.29, 0.717) is 0 Å². The molecule has 0 saturated carbocycles. The molecule has 0 amide bonds. The number of nitrogens with zero attached hydrogens (tertiary/aromatic N) is 2. The summed E-state index contributed by atoms with van der Waals surface area (Å²) >= 11 is 3.35. The predicted octanol–water partition coefficient (Wildman–Crippen LogP) is 1.59. The van der Waals surface area contributed by atoms with Crippen LogP contribution in [0, 0.1) is 0 Å². The monoisotopic (exact) mass is 226 g/mol. The molecule has 12 heavy (non-hydrogen) atoms. The van der Waals surface area contributed by atoms with E-state index in [1.807, 2.05) is 22.7 Å². The Kier molecular flexibility index (Phi) is 1.86. The molecular formula is C8H7BrN2O. The van der Waals surface area contributed by atoms with Gasteiger partial charge in [0.15, 0.2) is 0 Å². The van der Waals surface area contributed by atoms with Gasteiger partial charge in [-0.3, -0.25) is 4.40 Å². The third kappa shape index (κ3) is 1.13. The molecule has 0 aliphatic heterocycles. The molecule has 0 aliphatic rings. The quantitative estimate of drug-likeness (QED) is 0.803. The molecule has 3 nitrogen and oxygen atoms in total. The van der Waals surface area contributed by atoms with Crippen LogP contribution in [0.3, 0.4) is 0 Å². The zero-order valence-corrected chi connectivity index (χ0v) is 7.82. The number of imidazole rings is 1. The second-order valence-electron chi connectivity index (χ2n) is 2.50. The average molecular weight is 227 g/mol. The van der Waals surface area contributed by atoms with Gasteiger partial charge in [0, 0.05) is 6.20 Å². The fourth-order valence-electron chi connectivity index (χ4n) is 1.09. The smallest absolute Gasteiger partial charge is 0.137 e. The molecule has 0 saturated heterocycles. The summed E-state index contributed by atoms with van der Waals surface area (Å²) in [5, 5.41) is 8.88. The van der Waals surface area contributed by atoms with Crippen molar-refractivity contribution in [1.29, 1.82) is 0 Å². The first-order valence-corrected chi connectivity index (χ1v) is 4.33. The van der Waals surface area contributed by atoms with Crippen LogP contribution in [0.2, 0.25) is 0 Å². The number of pyridine rings is 1. The second kappa shape index (κ2) is 2.88. The van der Waals surface area contributed by atoms with E-state index in [4.69, 9.17) is 5.11 Å². The van der Waals surface area contributed by atoms with Crippen molar-refractivity contribution in [3.8, 4) is 0 Å². The normalized spacial score (nSPS) is 10.8. The van der Waals surface area contributed by atoms with Crippen LogP contribution in [0.15, 0.2) is 29.1 Å². The van der Waals surface area contributed by atoms with Gasteiger partial charge in [-0.15, -0.1) is 0 Å². The van der Waals surface area contributed by atoms with E-state index in [0.717, 1.165) is 15.8 Å². The molecular weight excluding hydrogens is 220 g/mol. The highest BCUT2D eigenvalue weighted by atomic mass is 79.9. The minimum Gasteiger partial charge on any atom is -0.392 e. The molecule has 0 fully saturated rings. The van der Waals surface area contributed by atoms with Crippen LogP contribution in [0.1, 0.15) is 5.56 Å². The van der Waals surface area contributed by atoms with Crippen LogP contribution < -0.4 is 0 Å². The minimum absolute atomic E-state index is 0.0561. The van der Waals surface area contributed by atoms with Gasteiger partial charge in [-0.05, 0) is 27.6 Å². The van der Waals surface area contributed by atoms with Crippen molar-refractivity contribution < 1.29 is 5.11 Å². The van der Waals surface area contributed by atoms with E-state index in [1.165, 1.54) is 0 Å². The standard InChI is InChI=1S/C8H7BrN2O/c9-7-3-10-8-2-1-6(5-12)4-11(7)8/h1-4,12H,5H2. The number of aromatic nitrogens is 2. The van der Waals surface area contributed by atoms with E-state index in [9.17, 15) is 0 Å². The lowest BCUT2D eigenvalue weighted by molar-refractivity contribution is 0.281. The number of aliphatic hydroxyl groups is 1. The second-order valence-corrected chi connectivity index (χ2v) is 3.32. The Bertz CT molecular complexity index is 410. The minimum atomic E-state index is 0.0561. The molecule has 2 aromatic heterocycles. The summed E-state index contributed by atoms with van der Waals surface area (Å²) in [6, 6.07) is 3.73. The highest BCUT2D eigenvalue weighted by molar-refractivity contribution is 9.10. The molecule has 4 heteroatoms. The maximum absolute atomic E-state index is 8.88. The molecule has 0 aliphatic carbocycles. The first kappa shape index (κ1) is 7.76. The third-order valence-corrected chi connectivity index (χ3v) is 2.29. The maximum atomic E-state index is 8.88. The van der Waals surface area contributed by atoms with Gasteiger partial charge >= 0.3 is 0 Å². The lowest BCUT2D eigenvalue weighted by Crippen LogP contribution is -1.89.